The lowest BCUT2D eigenvalue weighted by molar-refractivity contribution is -0.122. The quantitative estimate of drug-likeness (QED) is 0.691. The average Bonchev–Trinajstić information content (AvgIpc) is 2.35. The van der Waals surface area contributed by atoms with Crippen molar-refractivity contribution >= 4 is 0 Å². The summed E-state index contributed by atoms with van der Waals surface area (Å²) in [6.45, 7) is 4.19. The lowest BCUT2D eigenvalue weighted by Crippen LogP contribution is -2.45. The van der Waals surface area contributed by atoms with Crippen molar-refractivity contribution in [3.63, 3.8) is 0 Å². The van der Waals surface area contributed by atoms with Gasteiger partial charge in [0.15, 0.2) is 6.29 Å². The normalized spacial score (nSPS) is 25.8. The fraction of sp³-hybridized carbons (Fsp3) is 1.00. The molecule has 0 saturated heterocycles. The lowest BCUT2D eigenvalue weighted by Gasteiger charge is -2.37. The van der Waals surface area contributed by atoms with E-state index >= 15 is 0 Å². The number of nitrogens with two attached hydrogens (primary N) is 1. The van der Waals surface area contributed by atoms with Crippen LogP contribution in [0.15, 0.2) is 0 Å². The van der Waals surface area contributed by atoms with Crippen molar-refractivity contribution in [2.45, 2.75) is 57.4 Å². The molecule has 0 atom stereocenters. The minimum atomic E-state index is -0.114. The van der Waals surface area contributed by atoms with Crippen LogP contribution in [0.5, 0.6) is 0 Å². The molecule has 102 valence electrons. The molecule has 4 nitrogen and oxygen atoms in total. The Morgan fingerprint density at radius 1 is 1.18 bits per heavy atom. The molecule has 0 aromatic carbocycles. The maximum absolute atomic E-state index is 5.96. The van der Waals surface area contributed by atoms with E-state index in [1.165, 1.54) is 19.3 Å². The van der Waals surface area contributed by atoms with Gasteiger partial charge in [-0.1, -0.05) is 6.92 Å². The Balaban J connectivity index is 2.46. The number of nitrogens with zero attached hydrogens (tertiary/aromatic N) is 1. The van der Waals surface area contributed by atoms with Crippen LogP contribution in [0.3, 0.4) is 0 Å². The second-order valence-corrected chi connectivity index (χ2v) is 4.96. The van der Waals surface area contributed by atoms with E-state index in [1.54, 1.807) is 14.2 Å². The summed E-state index contributed by atoms with van der Waals surface area (Å²) in [5.74, 6) is 0. The van der Waals surface area contributed by atoms with Crippen LogP contribution in [0, 0.1) is 0 Å². The van der Waals surface area contributed by atoms with Crippen LogP contribution in [-0.4, -0.2) is 50.6 Å². The van der Waals surface area contributed by atoms with Crippen molar-refractivity contribution in [3.05, 3.63) is 0 Å². The zero-order valence-corrected chi connectivity index (χ0v) is 11.5. The Labute approximate surface area is 105 Å². The van der Waals surface area contributed by atoms with Crippen LogP contribution in [0.4, 0.5) is 0 Å². The molecule has 1 aliphatic rings. The summed E-state index contributed by atoms with van der Waals surface area (Å²) in [7, 11) is 3.41. The molecule has 0 heterocycles. The Bertz CT molecular complexity index is 190. The second-order valence-electron chi connectivity index (χ2n) is 4.96. The van der Waals surface area contributed by atoms with Crippen molar-refractivity contribution in [1.29, 1.82) is 0 Å². The van der Waals surface area contributed by atoms with Crippen LogP contribution in [0.2, 0.25) is 0 Å². The maximum atomic E-state index is 5.96. The van der Waals surface area contributed by atoms with Crippen LogP contribution in [0.25, 0.3) is 0 Å². The first kappa shape index (κ1) is 14.9. The third-order valence-corrected chi connectivity index (χ3v) is 3.68. The largest absolute Gasteiger partial charge is 0.355 e. The van der Waals surface area contributed by atoms with Gasteiger partial charge in [0, 0.05) is 32.8 Å². The summed E-state index contributed by atoms with van der Waals surface area (Å²) in [5, 5.41) is 0. The fourth-order valence-corrected chi connectivity index (χ4v) is 2.61. The van der Waals surface area contributed by atoms with Gasteiger partial charge < -0.3 is 15.2 Å². The SMILES string of the molecule is CCCN(CC(OC)OC)C1CCC(N)CC1. The number of hydrogen-bond acceptors (Lipinski definition) is 4. The van der Waals surface area contributed by atoms with Crippen LogP contribution < -0.4 is 5.73 Å². The minimum Gasteiger partial charge on any atom is -0.355 e. The molecule has 0 unspecified atom stereocenters. The van der Waals surface area contributed by atoms with E-state index in [0.717, 1.165) is 25.9 Å². The molecule has 0 aliphatic heterocycles. The molecular formula is C13H28N2O2. The highest BCUT2D eigenvalue weighted by atomic mass is 16.7. The molecule has 0 bridgehead atoms. The summed E-state index contributed by atoms with van der Waals surface area (Å²) >= 11 is 0. The predicted octanol–water partition coefficient (Wildman–Crippen LogP) is 1.59. The van der Waals surface area contributed by atoms with E-state index in [4.69, 9.17) is 15.2 Å². The van der Waals surface area contributed by atoms with Gasteiger partial charge in [-0.15, -0.1) is 0 Å². The van der Waals surface area contributed by atoms with Crippen LogP contribution >= 0.6 is 0 Å². The van der Waals surface area contributed by atoms with Gasteiger partial charge in [-0.05, 0) is 38.6 Å². The molecule has 0 amide bonds. The summed E-state index contributed by atoms with van der Waals surface area (Å²) in [6, 6.07) is 1.07. The van der Waals surface area contributed by atoms with Gasteiger partial charge in [0.1, 0.15) is 0 Å². The van der Waals surface area contributed by atoms with E-state index in [1.807, 2.05) is 0 Å². The molecule has 4 heteroatoms. The fourth-order valence-electron chi connectivity index (χ4n) is 2.61. The van der Waals surface area contributed by atoms with Gasteiger partial charge in [-0.3, -0.25) is 4.90 Å². The van der Waals surface area contributed by atoms with Crippen LogP contribution in [-0.2, 0) is 9.47 Å². The Hall–Kier alpha value is -0.160. The molecule has 2 N–H and O–H groups in total. The first-order valence-corrected chi connectivity index (χ1v) is 6.76. The average molecular weight is 244 g/mol. The monoisotopic (exact) mass is 244 g/mol. The third-order valence-electron chi connectivity index (χ3n) is 3.68. The Morgan fingerprint density at radius 2 is 1.76 bits per heavy atom. The van der Waals surface area contributed by atoms with Gasteiger partial charge >= 0.3 is 0 Å². The zero-order valence-electron chi connectivity index (χ0n) is 11.5. The first-order chi connectivity index (χ1) is 8.21. The maximum Gasteiger partial charge on any atom is 0.169 e. The molecule has 1 fully saturated rings. The van der Waals surface area contributed by atoms with Gasteiger partial charge in [0.2, 0.25) is 0 Å². The Kier molecular flexibility index (Phi) is 7.04. The summed E-state index contributed by atoms with van der Waals surface area (Å²) in [5.41, 5.74) is 5.96. The standard InChI is InChI=1S/C13H28N2O2/c1-4-9-15(10-13(16-2)17-3)12-7-5-11(14)6-8-12/h11-13H,4-10,14H2,1-3H3. The molecule has 1 rings (SSSR count). The predicted molar refractivity (Wildman–Crippen MR) is 69.9 cm³/mol. The van der Waals surface area contributed by atoms with Crippen molar-refractivity contribution in [1.82, 2.24) is 4.90 Å². The van der Waals surface area contributed by atoms with E-state index in [2.05, 4.69) is 11.8 Å². The molecule has 17 heavy (non-hydrogen) atoms. The molecule has 1 aliphatic carbocycles. The van der Waals surface area contributed by atoms with Crippen molar-refractivity contribution < 1.29 is 9.47 Å². The van der Waals surface area contributed by atoms with Gasteiger partial charge in [-0.25, -0.2) is 0 Å². The van der Waals surface area contributed by atoms with Crippen LogP contribution in [0.1, 0.15) is 39.0 Å². The molecule has 0 spiro atoms. The number of rotatable bonds is 7. The Morgan fingerprint density at radius 3 is 2.24 bits per heavy atom. The molecule has 0 radical (unpaired) electrons. The highest BCUT2D eigenvalue weighted by molar-refractivity contribution is 4.81. The van der Waals surface area contributed by atoms with Crippen molar-refractivity contribution in [3.8, 4) is 0 Å². The van der Waals surface area contributed by atoms with Crippen molar-refractivity contribution in [2.75, 3.05) is 27.3 Å². The molecule has 1 saturated carbocycles. The lowest BCUT2D eigenvalue weighted by atomic mass is 9.90. The zero-order chi connectivity index (χ0) is 12.7. The topological polar surface area (TPSA) is 47.7 Å². The number of hydrogen-bond donors (Lipinski definition) is 1. The van der Waals surface area contributed by atoms with E-state index in [-0.39, 0.29) is 6.29 Å². The molecule has 0 aromatic heterocycles. The van der Waals surface area contributed by atoms with Crippen molar-refractivity contribution in [2.24, 2.45) is 5.73 Å². The second kappa shape index (κ2) is 8.03. The van der Waals surface area contributed by atoms with E-state index in [9.17, 15) is 0 Å². The van der Waals surface area contributed by atoms with Gasteiger partial charge in [0.05, 0.1) is 0 Å². The number of ether oxygens (including phenoxy) is 2. The first-order valence-electron chi connectivity index (χ1n) is 6.76. The van der Waals surface area contributed by atoms with E-state index < -0.39 is 0 Å². The molecule has 0 aromatic rings. The highest BCUT2D eigenvalue weighted by Crippen LogP contribution is 2.22. The summed E-state index contributed by atoms with van der Waals surface area (Å²) in [6.07, 6.45) is 5.77. The smallest absolute Gasteiger partial charge is 0.169 e. The number of methoxy groups -OCH3 is 2. The highest BCUT2D eigenvalue weighted by Gasteiger charge is 2.25. The van der Waals surface area contributed by atoms with Gasteiger partial charge in [-0.2, -0.15) is 0 Å². The third kappa shape index (κ3) is 4.92. The molecular weight excluding hydrogens is 216 g/mol. The summed E-state index contributed by atoms with van der Waals surface area (Å²) < 4.78 is 10.6. The van der Waals surface area contributed by atoms with Gasteiger partial charge in [0.25, 0.3) is 0 Å². The summed E-state index contributed by atoms with van der Waals surface area (Å²) in [4.78, 5) is 2.50. The van der Waals surface area contributed by atoms with E-state index in [0.29, 0.717) is 12.1 Å². The minimum absolute atomic E-state index is 0.114.